The van der Waals surface area contributed by atoms with Crippen molar-refractivity contribution in [1.29, 1.82) is 0 Å². The molecule has 0 heterocycles. The van der Waals surface area contributed by atoms with Crippen molar-refractivity contribution in [3.8, 4) is 5.75 Å². The molecule has 0 bridgehead atoms. The summed E-state index contributed by atoms with van der Waals surface area (Å²) in [7, 11) is -10.6. The molecule has 13 heteroatoms. The van der Waals surface area contributed by atoms with Gasteiger partial charge in [0, 0.05) is 0 Å². The molecular weight excluding hydrogens is 392 g/mol. The molecule has 0 spiro atoms. The Kier molecular flexibility index (Phi) is 7.42. The minimum atomic E-state index is -6.02. The van der Waals surface area contributed by atoms with Crippen LogP contribution in [0.25, 0.3) is 0 Å². The molecule has 0 aromatic heterocycles. The van der Waals surface area contributed by atoms with Gasteiger partial charge in [-0.15, -0.1) is 0 Å². The minimum Gasteiger partial charge on any atom is -0.464 e. The number of benzene rings is 1. The van der Waals surface area contributed by atoms with E-state index in [-0.39, 0.29) is 12.4 Å². The Morgan fingerprint density at radius 3 is 2.32 bits per heavy atom. The van der Waals surface area contributed by atoms with Crippen molar-refractivity contribution < 1.29 is 48.9 Å². The van der Waals surface area contributed by atoms with Crippen molar-refractivity contribution in [2.75, 3.05) is 19.6 Å². The number of hydrogen-bond acceptors (Lipinski definition) is 8. The Bertz CT molecular complexity index is 720. The van der Waals surface area contributed by atoms with Gasteiger partial charge in [0.1, 0.15) is 5.75 Å². The van der Waals surface area contributed by atoms with Gasteiger partial charge in [-0.1, -0.05) is 18.2 Å². The first-order chi connectivity index (χ1) is 11.5. The molecule has 1 rings (SSSR count). The normalized spacial score (nSPS) is 14.6. The van der Waals surface area contributed by atoms with Crippen LogP contribution < -0.4 is 4.52 Å². The maximum Gasteiger partial charge on any atom is 0.523 e. The van der Waals surface area contributed by atoms with Crippen molar-refractivity contribution in [3.05, 3.63) is 30.3 Å². The standard InChI is InChI=1S/C12H14F3O8PS/c1-2-20-11(16)8-21-24(17,23-10-6-4-3-5-7-10)9-22-25(18,19)12(13,14)15/h3-7H,2,8-9H2,1H3. The second kappa shape index (κ2) is 8.65. The molecule has 142 valence electrons. The smallest absolute Gasteiger partial charge is 0.464 e. The van der Waals surface area contributed by atoms with Crippen molar-refractivity contribution in [3.63, 3.8) is 0 Å². The lowest BCUT2D eigenvalue weighted by molar-refractivity contribution is -0.145. The van der Waals surface area contributed by atoms with Crippen LogP contribution in [0.15, 0.2) is 30.3 Å². The number of carbonyl (C=O) groups is 1. The highest BCUT2D eigenvalue weighted by atomic mass is 32.2. The van der Waals surface area contributed by atoms with E-state index in [1.165, 1.54) is 31.2 Å². The van der Waals surface area contributed by atoms with Gasteiger partial charge in [0.2, 0.25) is 0 Å². The third-order valence-corrected chi connectivity index (χ3v) is 4.95. The third kappa shape index (κ3) is 7.02. The highest BCUT2D eigenvalue weighted by Crippen LogP contribution is 2.49. The molecule has 1 atom stereocenters. The molecule has 0 fully saturated rings. The van der Waals surface area contributed by atoms with Gasteiger partial charge < -0.3 is 9.26 Å². The first kappa shape index (κ1) is 21.4. The monoisotopic (exact) mass is 406 g/mol. The van der Waals surface area contributed by atoms with E-state index in [0.717, 1.165) is 0 Å². The molecule has 0 aliphatic rings. The number of alkyl halides is 3. The molecular formula is C12H14F3O8PS. The Morgan fingerprint density at radius 2 is 1.80 bits per heavy atom. The van der Waals surface area contributed by atoms with E-state index < -0.39 is 42.1 Å². The summed E-state index contributed by atoms with van der Waals surface area (Å²) in [5, 5.41) is 0. The summed E-state index contributed by atoms with van der Waals surface area (Å²) >= 11 is 0. The zero-order chi connectivity index (χ0) is 19.1. The number of ether oxygens (including phenoxy) is 1. The van der Waals surface area contributed by atoms with Crippen LogP contribution in [-0.4, -0.2) is 39.5 Å². The summed E-state index contributed by atoms with van der Waals surface area (Å²) in [5.74, 6) is -1.07. The van der Waals surface area contributed by atoms with Gasteiger partial charge in [-0.3, -0.25) is 4.52 Å². The van der Waals surface area contributed by atoms with E-state index in [2.05, 4.69) is 13.4 Å². The summed E-state index contributed by atoms with van der Waals surface area (Å²) in [5.41, 5.74) is -5.72. The number of esters is 1. The van der Waals surface area contributed by atoms with Crippen molar-refractivity contribution in [1.82, 2.24) is 0 Å². The SMILES string of the molecule is CCOC(=O)COP(=O)(COS(=O)(=O)C(F)(F)F)Oc1ccccc1. The number of hydrogen-bond donors (Lipinski definition) is 0. The summed E-state index contributed by atoms with van der Waals surface area (Å²) in [6.45, 7) is 0.523. The van der Waals surface area contributed by atoms with E-state index in [1.807, 2.05) is 0 Å². The highest BCUT2D eigenvalue weighted by Gasteiger charge is 2.49. The maximum atomic E-state index is 12.5. The van der Waals surface area contributed by atoms with E-state index in [9.17, 15) is 30.9 Å². The molecule has 0 amide bonds. The van der Waals surface area contributed by atoms with Crippen LogP contribution in [0.3, 0.4) is 0 Å². The van der Waals surface area contributed by atoms with Crippen molar-refractivity contribution >= 4 is 23.7 Å². The molecule has 8 nitrogen and oxygen atoms in total. The van der Waals surface area contributed by atoms with Gasteiger partial charge in [-0.2, -0.15) is 21.6 Å². The number of carbonyl (C=O) groups excluding carboxylic acids is 1. The van der Waals surface area contributed by atoms with E-state index in [0.29, 0.717) is 0 Å². The fourth-order valence-electron chi connectivity index (χ4n) is 1.29. The molecule has 0 saturated carbocycles. The van der Waals surface area contributed by atoms with Gasteiger partial charge in [0.05, 0.1) is 6.61 Å². The van der Waals surface area contributed by atoms with Crippen LogP contribution >= 0.6 is 7.60 Å². The zero-order valence-corrected chi connectivity index (χ0v) is 14.5. The van der Waals surface area contributed by atoms with Gasteiger partial charge in [-0.25, -0.2) is 13.5 Å². The Hall–Kier alpha value is -1.62. The molecule has 0 radical (unpaired) electrons. The van der Waals surface area contributed by atoms with Gasteiger partial charge >= 0.3 is 29.2 Å². The average Bonchev–Trinajstić information content (AvgIpc) is 2.52. The lowest BCUT2D eigenvalue weighted by Gasteiger charge is -2.19. The molecule has 0 aliphatic heterocycles. The van der Waals surface area contributed by atoms with Gasteiger partial charge in [0.15, 0.2) is 13.0 Å². The Balaban J connectivity index is 2.91. The molecule has 1 aromatic carbocycles. The fourth-order valence-corrected chi connectivity index (χ4v) is 3.42. The molecule has 25 heavy (non-hydrogen) atoms. The van der Waals surface area contributed by atoms with Crippen LogP contribution in [0, 0.1) is 0 Å². The third-order valence-electron chi connectivity index (χ3n) is 2.32. The van der Waals surface area contributed by atoms with Crippen molar-refractivity contribution in [2.24, 2.45) is 0 Å². The van der Waals surface area contributed by atoms with Crippen LogP contribution in [0.5, 0.6) is 5.75 Å². The first-order valence-electron chi connectivity index (χ1n) is 6.58. The highest BCUT2D eigenvalue weighted by molar-refractivity contribution is 7.87. The topological polar surface area (TPSA) is 105 Å². The number of halogens is 3. The summed E-state index contributed by atoms with van der Waals surface area (Å²) in [6.07, 6.45) is -1.58. The fraction of sp³-hybridized carbons (Fsp3) is 0.417. The molecule has 0 aliphatic carbocycles. The largest absolute Gasteiger partial charge is 0.523 e. The molecule has 1 unspecified atom stereocenters. The maximum absolute atomic E-state index is 12.5. The predicted octanol–water partition coefficient (Wildman–Crippen LogP) is 2.66. The second-order valence-corrected chi connectivity index (χ2v) is 7.77. The lowest BCUT2D eigenvalue weighted by Crippen LogP contribution is -2.26. The van der Waals surface area contributed by atoms with Crippen LogP contribution in [0.4, 0.5) is 13.2 Å². The van der Waals surface area contributed by atoms with Crippen LogP contribution in [-0.2, 0) is 32.9 Å². The molecule has 0 N–H and O–H groups in total. The van der Waals surface area contributed by atoms with Gasteiger partial charge in [-0.05, 0) is 19.1 Å². The van der Waals surface area contributed by atoms with E-state index >= 15 is 0 Å². The Morgan fingerprint density at radius 1 is 1.20 bits per heavy atom. The van der Waals surface area contributed by atoms with Crippen molar-refractivity contribution in [2.45, 2.75) is 12.4 Å². The molecule has 0 saturated heterocycles. The summed E-state index contributed by atoms with van der Waals surface area (Å²) in [6, 6.07) is 7.07. The number of para-hydroxylation sites is 1. The summed E-state index contributed by atoms with van der Waals surface area (Å²) in [4.78, 5) is 11.2. The average molecular weight is 406 g/mol. The molecule has 1 aromatic rings. The van der Waals surface area contributed by atoms with E-state index in [1.54, 1.807) is 6.07 Å². The minimum absolute atomic E-state index is 0.0228. The van der Waals surface area contributed by atoms with Gasteiger partial charge in [0.25, 0.3) is 0 Å². The van der Waals surface area contributed by atoms with Crippen LogP contribution in [0.2, 0.25) is 0 Å². The number of rotatable bonds is 9. The summed E-state index contributed by atoms with van der Waals surface area (Å²) < 4.78 is 89.0. The zero-order valence-electron chi connectivity index (χ0n) is 12.8. The first-order valence-corrected chi connectivity index (χ1v) is 9.72. The van der Waals surface area contributed by atoms with E-state index in [4.69, 9.17) is 4.52 Å². The predicted molar refractivity (Wildman–Crippen MR) is 78.2 cm³/mol. The lowest BCUT2D eigenvalue weighted by atomic mass is 10.3. The Labute approximate surface area is 141 Å². The second-order valence-electron chi connectivity index (χ2n) is 4.24. The quantitative estimate of drug-likeness (QED) is 0.267. The van der Waals surface area contributed by atoms with Crippen LogP contribution in [0.1, 0.15) is 6.92 Å².